The molecule has 1 unspecified atom stereocenters. The van der Waals surface area contributed by atoms with Crippen LogP contribution in [0.5, 0.6) is 0 Å². The molecule has 1 aromatic carbocycles. The lowest BCUT2D eigenvalue weighted by atomic mass is 9.91. The number of piperazine rings is 1. The third kappa shape index (κ3) is 5.60. The van der Waals surface area contributed by atoms with Gasteiger partial charge in [0.1, 0.15) is 22.9 Å². The van der Waals surface area contributed by atoms with Crippen LogP contribution in [-0.4, -0.2) is 80.1 Å². The third-order valence-corrected chi connectivity index (χ3v) is 8.62. The van der Waals surface area contributed by atoms with Gasteiger partial charge in [-0.15, -0.1) is 0 Å². The number of hydrogen-bond donors (Lipinski definition) is 2. The lowest BCUT2D eigenvalue weighted by Gasteiger charge is -2.41. The Morgan fingerprint density at radius 3 is 2.50 bits per heavy atom. The smallest absolute Gasteiger partial charge is 0.229 e. The van der Waals surface area contributed by atoms with E-state index in [-0.39, 0.29) is 23.2 Å². The average Bonchev–Trinajstić information content (AvgIpc) is 3.63. The van der Waals surface area contributed by atoms with Gasteiger partial charge in [-0.1, -0.05) is 13.0 Å². The molecule has 2 fully saturated rings. The van der Waals surface area contributed by atoms with Crippen molar-refractivity contribution in [3.05, 3.63) is 59.7 Å². The second-order valence-electron chi connectivity index (χ2n) is 11.6. The molecule has 222 valence electrons. The number of hydrogen-bond acceptors (Lipinski definition) is 8. The number of pyridine rings is 1. The van der Waals surface area contributed by atoms with E-state index >= 15 is 4.39 Å². The Labute approximate surface area is 245 Å². The van der Waals surface area contributed by atoms with Gasteiger partial charge in [0.25, 0.3) is 0 Å². The molecular weight excluding hydrogens is 536 g/mol. The molecule has 0 aliphatic carbocycles. The first-order valence-corrected chi connectivity index (χ1v) is 14.9. The first kappa shape index (κ1) is 28.6. The predicted molar refractivity (Wildman–Crippen MR) is 161 cm³/mol. The highest BCUT2D eigenvalue weighted by Gasteiger charge is 2.33. The van der Waals surface area contributed by atoms with Gasteiger partial charge in [-0.05, 0) is 76.5 Å². The van der Waals surface area contributed by atoms with E-state index in [2.05, 4.69) is 48.4 Å². The maximum absolute atomic E-state index is 15.1. The molecule has 42 heavy (non-hydrogen) atoms. The fourth-order valence-corrected chi connectivity index (χ4v) is 6.54. The van der Waals surface area contributed by atoms with Crippen molar-refractivity contribution < 1.29 is 8.78 Å². The van der Waals surface area contributed by atoms with Gasteiger partial charge in [-0.2, -0.15) is 0 Å². The molecule has 0 radical (unpaired) electrons. The maximum atomic E-state index is 15.1. The average molecular weight is 576 g/mol. The summed E-state index contributed by atoms with van der Waals surface area (Å²) in [6.45, 7) is 15.5. The zero-order chi connectivity index (χ0) is 29.4. The first-order chi connectivity index (χ1) is 20.3. The molecule has 2 N–H and O–H groups in total. The summed E-state index contributed by atoms with van der Waals surface area (Å²) in [7, 11) is 0. The number of nitrogens with zero attached hydrogens (tertiary/aromatic N) is 7. The summed E-state index contributed by atoms with van der Waals surface area (Å²) < 4.78 is 32.0. The standard InChI is InChI=1S/C31H39F2N9/c1-5-40-10-12-41(13-11-40)30(22-8-9-34-16-22)21-6-7-27(35-17-21)38-31-36-18-25(33)28(39-31)23-14-24(32)29-26(15-23)42(19(2)3)20(4)37-29/h6-7,14-15,17-19,22,30,34H,5,8-13,16H2,1-4H3,(H,35,36,38,39)/t22?,30-/m0/s1. The van der Waals surface area contributed by atoms with Crippen LogP contribution in [0.1, 0.15) is 50.7 Å². The van der Waals surface area contributed by atoms with Crippen molar-refractivity contribution in [3.63, 3.8) is 0 Å². The normalized spacial score (nSPS) is 19.2. The van der Waals surface area contributed by atoms with Crippen molar-refractivity contribution >= 4 is 22.8 Å². The lowest BCUT2D eigenvalue weighted by molar-refractivity contribution is 0.0748. The molecule has 2 aliphatic heterocycles. The van der Waals surface area contributed by atoms with Crippen LogP contribution in [0, 0.1) is 24.5 Å². The largest absolute Gasteiger partial charge is 0.326 e. The number of imidazole rings is 1. The SMILES string of the molecule is CCN1CCN([C@@H](c2ccc(Nc3ncc(F)c(-c4cc(F)c5nc(C)n(C(C)C)c5c4)n3)nc2)C2CCNC2)CC1. The van der Waals surface area contributed by atoms with Gasteiger partial charge < -0.3 is 20.1 Å². The number of anilines is 2. The van der Waals surface area contributed by atoms with Crippen LogP contribution >= 0.6 is 0 Å². The Morgan fingerprint density at radius 2 is 1.83 bits per heavy atom. The van der Waals surface area contributed by atoms with E-state index in [9.17, 15) is 4.39 Å². The Kier molecular flexibility index (Phi) is 8.15. The highest BCUT2D eigenvalue weighted by Crippen LogP contribution is 2.34. The Hall–Kier alpha value is -3.54. The number of benzene rings is 1. The van der Waals surface area contributed by atoms with E-state index in [4.69, 9.17) is 4.98 Å². The lowest BCUT2D eigenvalue weighted by Crippen LogP contribution is -2.49. The van der Waals surface area contributed by atoms with Gasteiger partial charge in [0.2, 0.25) is 5.95 Å². The van der Waals surface area contributed by atoms with E-state index in [0.717, 1.165) is 58.4 Å². The Morgan fingerprint density at radius 1 is 1.02 bits per heavy atom. The predicted octanol–water partition coefficient (Wildman–Crippen LogP) is 5.09. The molecule has 3 aromatic heterocycles. The van der Waals surface area contributed by atoms with Gasteiger partial charge in [-0.25, -0.2) is 28.7 Å². The third-order valence-electron chi connectivity index (χ3n) is 8.62. The van der Waals surface area contributed by atoms with E-state index in [1.807, 2.05) is 37.6 Å². The van der Waals surface area contributed by atoms with E-state index < -0.39 is 11.6 Å². The zero-order valence-electron chi connectivity index (χ0n) is 24.7. The van der Waals surface area contributed by atoms with Gasteiger partial charge in [0.15, 0.2) is 11.6 Å². The van der Waals surface area contributed by atoms with Crippen LogP contribution in [0.2, 0.25) is 0 Å². The summed E-state index contributed by atoms with van der Waals surface area (Å²) in [5.41, 5.74) is 2.40. The minimum absolute atomic E-state index is 0.0131. The fraction of sp³-hybridized carbons (Fsp3) is 0.484. The molecule has 4 aromatic rings. The zero-order valence-corrected chi connectivity index (χ0v) is 24.7. The molecule has 0 amide bonds. The summed E-state index contributed by atoms with van der Waals surface area (Å²) in [4.78, 5) is 22.7. The molecule has 2 atom stereocenters. The van der Waals surface area contributed by atoms with Gasteiger partial charge in [0.05, 0.1) is 11.7 Å². The quantitative estimate of drug-likeness (QED) is 0.301. The van der Waals surface area contributed by atoms with Crippen LogP contribution in [0.25, 0.3) is 22.3 Å². The molecule has 9 nitrogen and oxygen atoms in total. The molecule has 0 bridgehead atoms. The van der Waals surface area contributed by atoms with Crippen LogP contribution in [-0.2, 0) is 0 Å². The van der Waals surface area contributed by atoms with Crippen molar-refractivity contribution in [2.75, 3.05) is 51.1 Å². The van der Waals surface area contributed by atoms with E-state index in [1.54, 1.807) is 6.07 Å². The summed E-state index contributed by atoms with van der Waals surface area (Å²) in [5.74, 6) is 0.837. The van der Waals surface area contributed by atoms with Crippen molar-refractivity contribution in [1.82, 2.24) is 39.6 Å². The number of likely N-dealkylation sites (N-methyl/N-ethyl adjacent to an activating group) is 1. The van der Waals surface area contributed by atoms with Crippen molar-refractivity contribution in [2.45, 2.75) is 46.2 Å². The van der Waals surface area contributed by atoms with Crippen molar-refractivity contribution in [1.29, 1.82) is 0 Å². The number of halogens is 2. The van der Waals surface area contributed by atoms with Crippen LogP contribution in [0.15, 0.2) is 36.7 Å². The van der Waals surface area contributed by atoms with Crippen LogP contribution in [0.4, 0.5) is 20.5 Å². The molecule has 2 aliphatic rings. The number of rotatable bonds is 8. The first-order valence-electron chi connectivity index (χ1n) is 14.9. The molecule has 6 rings (SSSR count). The summed E-state index contributed by atoms with van der Waals surface area (Å²) >= 11 is 0. The summed E-state index contributed by atoms with van der Waals surface area (Å²) in [6, 6.07) is 7.43. The number of nitrogens with one attached hydrogen (secondary N) is 2. The molecule has 11 heteroatoms. The van der Waals surface area contributed by atoms with Gasteiger partial charge in [0, 0.05) is 50.0 Å². The minimum Gasteiger partial charge on any atom is -0.326 e. The maximum Gasteiger partial charge on any atom is 0.229 e. The molecule has 0 saturated carbocycles. The second-order valence-corrected chi connectivity index (χ2v) is 11.6. The van der Waals surface area contributed by atoms with Crippen LogP contribution in [0.3, 0.4) is 0 Å². The van der Waals surface area contributed by atoms with Crippen LogP contribution < -0.4 is 10.6 Å². The minimum atomic E-state index is -0.633. The van der Waals surface area contributed by atoms with Gasteiger partial charge >= 0.3 is 0 Å². The highest BCUT2D eigenvalue weighted by molar-refractivity contribution is 5.83. The summed E-state index contributed by atoms with van der Waals surface area (Å²) in [6.07, 6.45) is 4.18. The molecular formula is C31H39F2N9. The monoisotopic (exact) mass is 575 g/mol. The number of aromatic nitrogens is 5. The highest BCUT2D eigenvalue weighted by atomic mass is 19.1. The van der Waals surface area contributed by atoms with Crippen molar-refractivity contribution in [2.24, 2.45) is 5.92 Å². The molecule has 2 saturated heterocycles. The van der Waals surface area contributed by atoms with E-state index in [1.165, 1.54) is 11.6 Å². The Bertz CT molecular complexity index is 1540. The fourth-order valence-electron chi connectivity index (χ4n) is 6.54. The Balaban J connectivity index is 1.25. The number of fused-ring (bicyclic) bond motifs is 1. The van der Waals surface area contributed by atoms with Crippen molar-refractivity contribution in [3.8, 4) is 11.3 Å². The van der Waals surface area contributed by atoms with E-state index in [0.29, 0.717) is 34.7 Å². The molecule has 0 spiro atoms. The summed E-state index contributed by atoms with van der Waals surface area (Å²) in [5, 5.41) is 6.64. The van der Waals surface area contributed by atoms with Gasteiger partial charge in [-0.3, -0.25) is 4.90 Å². The molecule has 5 heterocycles. The second kappa shape index (κ2) is 12.0. The topological polar surface area (TPSA) is 87.0 Å². The number of aryl methyl sites for hydroxylation is 1.